The Hall–Kier alpha value is -0.620. The molecular formula is C14H26N2O3S. The number of hydrogen-bond acceptors (Lipinski definition) is 4. The zero-order valence-electron chi connectivity index (χ0n) is 12.2. The highest BCUT2D eigenvalue weighted by Gasteiger charge is 2.29. The molecule has 0 bridgehead atoms. The van der Waals surface area contributed by atoms with Gasteiger partial charge in [-0.25, -0.2) is 8.42 Å². The SMILES string of the molecule is CC1CCNCC1NC(=O)CCS(=O)(=O)C1CCCC1. The number of carbonyl (C=O) groups excluding carboxylic acids is 1. The number of hydrogen-bond donors (Lipinski definition) is 2. The zero-order chi connectivity index (χ0) is 14.6. The molecule has 0 spiro atoms. The molecule has 1 saturated carbocycles. The van der Waals surface area contributed by atoms with Gasteiger partial charge in [-0.1, -0.05) is 19.8 Å². The maximum absolute atomic E-state index is 12.1. The third-order valence-corrected chi connectivity index (χ3v) is 6.86. The van der Waals surface area contributed by atoms with Gasteiger partial charge in [0.05, 0.1) is 11.0 Å². The van der Waals surface area contributed by atoms with Crippen LogP contribution in [0.1, 0.15) is 45.4 Å². The summed E-state index contributed by atoms with van der Waals surface area (Å²) in [5.41, 5.74) is 0. The van der Waals surface area contributed by atoms with Gasteiger partial charge in [-0.05, 0) is 31.7 Å². The lowest BCUT2D eigenvalue weighted by Gasteiger charge is -2.30. The van der Waals surface area contributed by atoms with Gasteiger partial charge < -0.3 is 10.6 Å². The molecule has 20 heavy (non-hydrogen) atoms. The molecule has 0 aromatic heterocycles. The highest BCUT2D eigenvalue weighted by Crippen LogP contribution is 2.25. The molecule has 0 radical (unpaired) electrons. The Bertz CT molecular complexity index is 430. The van der Waals surface area contributed by atoms with Crippen LogP contribution in [0, 0.1) is 5.92 Å². The van der Waals surface area contributed by atoms with Gasteiger partial charge in [-0.15, -0.1) is 0 Å². The molecule has 116 valence electrons. The first-order valence-corrected chi connectivity index (χ1v) is 9.42. The van der Waals surface area contributed by atoms with Crippen molar-refractivity contribution >= 4 is 15.7 Å². The molecule has 1 aliphatic carbocycles. The molecule has 0 aromatic carbocycles. The fourth-order valence-electron chi connectivity index (χ4n) is 3.11. The summed E-state index contributed by atoms with van der Waals surface area (Å²) in [4.78, 5) is 11.9. The topological polar surface area (TPSA) is 75.3 Å². The highest BCUT2D eigenvalue weighted by atomic mass is 32.2. The number of nitrogens with one attached hydrogen (secondary N) is 2. The maximum atomic E-state index is 12.1. The van der Waals surface area contributed by atoms with E-state index >= 15 is 0 Å². The molecule has 1 aliphatic heterocycles. The van der Waals surface area contributed by atoms with Gasteiger partial charge >= 0.3 is 0 Å². The Balaban J connectivity index is 1.77. The first kappa shape index (κ1) is 15.8. The molecule has 5 nitrogen and oxygen atoms in total. The van der Waals surface area contributed by atoms with E-state index in [0.717, 1.165) is 45.2 Å². The average molecular weight is 302 g/mol. The van der Waals surface area contributed by atoms with Crippen LogP contribution in [0.3, 0.4) is 0 Å². The van der Waals surface area contributed by atoms with E-state index in [-0.39, 0.29) is 29.4 Å². The Labute approximate surface area is 121 Å². The van der Waals surface area contributed by atoms with Gasteiger partial charge in [0, 0.05) is 19.0 Å². The van der Waals surface area contributed by atoms with Crippen LogP contribution in [0.25, 0.3) is 0 Å². The zero-order valence-corrected chi connectivity index (χ0v) is 13.0. The van der Waals surface area contributed by atoms with Crippen LogP contribution in [-0.4, -0.2) is 44.5 Å². The van der Waals surface area contributed by atoms with Gasteiger partial charge in [-0.2, -0.15) is 0 Å². The lowest BCUT2D eigenvalue weighted by atomic mass is 9.95. The summed E-state index contributed by atoms with van der Waals surface area (Å²) in [6, 6.07) is 0.130. The summed E-state index contributed by atoms with van der Waals surface area (Å²) < 4.78 is 24.2. The van der Waals surface area contributed by atoms with Crippen LogP contribution in [0.2, 0.25) is 0 Å². The van der Waals surface area contributed by atoms with Crippen LogP contribution in [-0.2, 0) is 14.6 Å². The minimum Gasteiger partial charge on any atom is -0.352 e. The van der Waals surface area contributed by atoms with Crippen molar-refractivity contribution in [1.29, 1.82) is 0 Å². The standard InChI is InChI=1S/C14H26N2O3S/c1-11-6-8-15-10-13(11)16-14(17)7-9-20(18,19)12-4-2-3-5-12/h11-13,15H,2-10H2,1H3,(H,16,17). The minimum atomic E-state index is -3.09. The second kappa shape index (κ2) is 6.89. The van der Waals surface area contributed by atoms with Crippen molar-refractivity contribution in [2.75, 3.05) is 18.8 Å². The first-order valence-electron chi connectivity index (χ1n) is 7.70. The third-order valence-electron chi connectivity index (χ3n) is 4.60. The van der Waals surface area contributed by atoms with Gasteiger partial charge in [0.15, 0.2) is 9.84 Å². The van der Waals surface area contributed by atoms with E-state index in [9.17, 15) is 13.2 Å². The molecule has 1 saturated heterocycles. The molecule has 2 atom stereocenters. The van der Waals surface area contributed by atoms with Crippen LogP contribution < -0.4 is 10.6 Å². The van der Waals surface area contributed by atoms with Gasteiger partial charge in [0.1, 0.15) is 0 Å². The lowest BCUT2D eigenvalue weighted by Crippen LogP contribution is -2.50. The largest absolute Gasteiger partial charge is 0.352 e. The molecule has 2 fully saturated rings. The van der Waals surface area contributed by atoms with Crippen molar-refractivity contribution in [3.63, 3.8) is 0 Å². The van der Waals surface area contributed by atoms with Crippen molar-refractivity contribution in [3.05, 3.63) is 0 Å². The van der Waals surface area contributed by atoms with Crippen molar-refractivity contribution in [2.24, 2.45) is 5.92 Å². The van der Waals surface area contributed by atoms with Crippen LogP contribution in [0.5, 0.6) is 0 Å². The van der Waals surface area contributed by atoms with Crippen LogP contribution in [0.4, 0.5) is 0 Å². The van der Waals surface area contributed by atoms with Gasteiger partial charge in [0.25, 0.3) is 0 Å². The van der Waals surface area contributed by atoms with E-state index in [1.807, 2.05) is 0 Å². The average Bonchev–Trinajstić information content (AvgIpc) is 2.94. The van der Waals surface area contributed by atoms with Crippen molar-refractivity contribution in [3.8, 4) is 0 Å². The van der Waals surface area contributed by atoms with Gasteiger partial charge in [-0.3, -0.25) is 4.79 Å². The molecule has 0 aromatic rings. The Morgan fingerprint density at radius 1 is 1.25 bits per heavy atom. The van der Waals surface area contributed by atoms with E-state index in [0.29, 0.717) is 5.92 Å². The Morgan fingerprint density at radius 3 is 2.60 bits per heavy atom. The summed E-state index contributed by atoms with van der Waals surface area (Å²) in [5.74, 6) is 0.316. The second-order valence-electron chi connectivity index (χ2n) is 6.17. The normalized spacial score (nSPS) is 28.4. The van der Waals surface area contributed by atoms with E-state index in [1.54, 1.807) is 0 Å². The van der Waals surface area contributed by atoms with Crippen LogP contribution >= 0.6 is 0 Å². The van der Waals surface area contributed by atoms with E-state index in [4.69, 9.17) is 0 Å². The maximum Gasteiger partial charge on any atom is 0.221 e. The quantitative estimate of drug-likeness (QED) is 0.789. The highest BCUT2D eigenvalue weighted by molar-refractivity contribution is 7.92. The summed E-state index contributed by atoms with van der Waals surface area (Å²) in [6.45, 7) is 3.90. The predicted molar refractivity (Wildman–Crippen MR) is 79.2 cm³/mol. The van der Waals surface area contributed by atoms with Gasteiger partial charge in [0.2, 0.25) is 5.91 Å². The number of sulfone groups is 1. The number of rotatable bonds is 5. The van der Waals surface area contributed by atoms with Crippen molar-refractivity contribution in [1.82, 2.24) is 10.6 Å². The van der Waals surface area contributed by atoms with Crippen LogP contribution in [0.15, 0.2) is 0 Å². The number of amides is 1. The minimum absolute atomic E-state index is 0.00195. The monoisotopic (exact) mass is 302 g/mol. The molecule has 2 N–H and O–H groups in total. The lowest BCUT2D eigenvalue weighted by molar-refractivity contribution is -0.121. The number of piperidine rings is 1. The molecule has 1 amide bonds. The van der Waals surface area contributed by atoms with E-state index in [1.165, 1.54) is 0 Å². The molecule has 2 aliphatic rings. The number of carbonyl (C=O) groups is 1. The molecular weight excluding hydrogens is 276 g/mol. The Kier molecular flexibility index (Phi) is 5.43. The molecule has 6 heteroatoms. The fourth-order valence-corrected chi connectivity index (χ4v) is 4.97. The molecule has 2 rings (SSSR count). The van der Waals surface area contributed by atoms with E-state index < -0.39 is 9.84 Å². The summed E-state index contributed by atoms with van der Waals surface area (Å²) in [5, 5.41) is 6.02. The summed E-state index contributed by atoms with van der Waals surface area (Å²) in [6.07, 6.45) is 4.69. The smallest absolute Gasteiger partial charge is 0.221 e. The third kappa shape index (κ3) is 4.19. The fraction of sp³-hybridized carbons (Fsp3) is 0.929. The summed E-state index contributed by atoms with van der Waals surface area (Å²) in [7, 11) is -3.09. The Morgan fingerprint density at radius 2 is 1.95 bits per heavy atom. The molecule has 1 heterocycles. The summed E-state index contributed by atoms with van der Waals surface area (Å²) >= 11 is 0. The molecule has 2 unspecified atom stereocenters. The van der Waals surface area contributed by atoms with Crippen molar-refractivity contribution in [2.45, 2.75) is 56.7 Å². The predicted octanol–water partition coefficient (Wildman–Crippen LogP) is 0.848. The van der Waals surface area contributed by atoms with Crippen molar-refractivity contribution < 1.29 is 13.2 Å². The van der Waals surface area contributed by atoms with E-state index in [2.05, 4.69) is 17.6 Å². The second-order valence-corrected chi connectivity index (χ2v) is 8.57. The first-order chi connectivity index (χ1) is 9.49.